The molecule has 2 heterocycles. The number of aromatic nitrogens is 2. The molecule has 31 heavy (non-hydrogen) atoms. The van der Waals surface area contributed by atoms with E-state index in [1.54, 1.807) is 4.90 Å². The summed E-state index contributed by atoms with van der Waals surface area (Å²) in [5, 5.41) is 9.04. The number of fused-ring (bicyclic) bond motifs is 1. The van der Waals surface area contributed by atoms with Crippen LogP contribution in [0.4, 0.5) is 4.79 Å². The fourth-order valence-corrected chi connectivity index (χ4v) is 4.50. The van der Waals surface area contributed by atoms with Gasteiger partial charge in [-0.25, -0.2) is 4.79 Å². The maximum atomic E-state index is 12.2. The minimum atomic E-state index is -0.459. The first-order valence-electron chi connectivity index (χ1n) is 10.3. The number of hydrogen-bond donors (Lipinski definition) is 1. The summed E-state index contributed by atoms with van der Waals surface area (Å²) < 4.78 is 6.48. The van der Waals surface area contributed by atoms with Gasteiger partial charge in [0.15, 0.2) is 0 Å². The molecule has 0 spiro atoms. The van der Waals surface area contributed by atoms with Gasteiger partial charge in [0, 0.05) is 43.7 Å². The van der Waals surface area contributed by atoms with Crippen molar-refractivity contribution < 1.29 is 9.53 Å². The molecule has 0 bridgehead atoms. The molecular formula is C23H26ClIN4O2. The Bertz CT molecular complexity index is 1080. The molecule has 1 aliphatic heterocycles. The Balaban J connectivity index is 1.38. The van der Waals surface area contributed by atoms with Crippen molar-refractivity contribution in [1.82, 2.24) is 20.0 Å². The van der Waals surface area contributed by atoms with E-state index in [0.717, 1.165) is 45.4 Å². The molecule has 0 atom stereocenters. The number of nitrogens with zero attached hydrogens (tertiary/aromatic N) is 3. The fraction of sp³-hybridized carbons (Fsp3) is 0.391. The third kappa shape index (κ3) is 5.32. The maximum absolute atomic E-state index is 12.2. The molecule has 2 aromatic carbocycles. The maximum Gasteiger partial charge on any atom is 0.410 e. The number of carbonyl (C=O) groups is 1. The van der Waals surface area contributed by atoms with Gasteiger partial charge in [0.25, 0.3) is 0 Å². The van der Waals surface area contributed by atoms with Gasteiger partial charge >= 0.3 is 6.09 Å². The molecule has 1 aromatic heterocycles. The normalized spacial score (nSPS) is 15.5. The van der Waals surface area contributed by atoms with Crippen molar-refractivity contribution >= 4 is 51.2 Å². The van der Waals surface area contributed by atoms with Gasteiger partial charge in [-0.1, -0.05) is 35.9 Å². The van der Waals surface area contributed by atoms with Crippen LogP contribution in [0, 0.1) is 3.70 Å². The zero-order valence-corrected chi connectivity index (χ0v) is 20.8. The highest BCUT2D eigenvalue weighted by atomic mass is 127. The molecule has 8 heteroatoms. The molecule has 164 valence electrons. The van der Waals surface area contributed by atoms with Gasteiger partial charge in [-0.3, -0.25) is 10.00 Å². The van der Waals surface area contributed by atoms with E-state index in [2.05, 4.69) is 68.0 Å². The molecule has 6 nitrogen and oxygen atoms in total. The van der Waals surface area contributed by atoms with Crippen molar-refractivity contribution in [2.45, 2.75) is 32.9 Å². The predicted molar refractivity (Wildman–Crippen MR) is 132 cm³/mol. The number of aromatic amines is 1. The molecular weight excluding hydrogens is 527 g/mol. The number of hydrogen-bond acceptors (Lipinski definition) is 4. The molecule has 1 aliphatic rings. The highest BCUT2D eigenvalue weighted by molar-refractivity contribution is 14.1. The Morgan fingerprint density at radius 3 is 2.48 bits per heavy atom. The average molecular weight is 553 g/mol. The number of benzene rings is 2. The number of piperazine rings is 1. The van der Waals surface area contributed by atoms with E-state index in [9.17, 15) is 4.79 Å². The number of ether oxygens (including phenoxy) is 1. The zero-order chi connectivity index (χ0) is 22.2. The Morgan fingerprint density at radius 2 is 1.84 bits per heavy atom. The molecule has 1 amide bonds. The van der Waals surface area contributed by atoms with E-state index < -0.39 is 5.60 Å². The van der Waals surface area contributed by atoms with Crippen molar-refractivity contribution in [3.8, 4) is 11.1 Å². The van der Waals surface area contributed by atoms with E-state index in [1.807, 2.05) is 26.8 Å². The number of rotatable bonds is 3. The van der Waals surface area contributed by atoms with Crippen LogP contribution in [-0.2, 0) is 11.3 Å². The lowest BCUT2D eigenvalue weighted by atomic mass is 10.0. The highest BCUT2D eigenvalue weighted by Crippen LogP contribution is 2.33. The first-order chi connectivity index (χ1) is 14.7. The summed E-state index contributed by atoms with van der Waals surface area (Å²) in [7, 11) is 0. The van der Waals surface area contributed by atoms with Gasteiger partial charge in [0.2, 0.25) is 0 Å². The van der Waals surface area contributed by atoms with Gasteiger partial charge in [-0.05, 0) is 66.6 Å². The Labute approximate surface area is 201 Å². The third-order valence-corrected chi connectivity index (χ3v) is 6.43. The minimum absolute atomic E-state index is 0.224. The molecule has 3 aromatic rings. The van der Waals surface area contributed by atoms with Gasteiger partial charge in [0.05, 0.1) is 10.5 Å². The van der Waals surface area contributed by atoms with Crippen LogP contribution in [0.15, 0.2) is 36.4 Å². The summed E-state index contributed by atoms with van der Waals surface area (Å²) in [6, 6.07) is 12.5. The molecule has 0 saturated carbocycles. The molecule has 1 saturated heterocycles. The molecule has 0 aliphatic carbocycles. The minimum Gasteiger partial charge on any atom is -0.444 e. The second-order valence-corrected chi connectivity index (χ2v) is 10.3. The molecule has 4 rings (SSSR count). The van der Waals surface area contributed by atoms with Crippen LogP contribution < -0.4 is 0 Å². The SMILES string of the molecule is CC(C)(C)OC(=O)N1CCN(Cc2ccc(-c3cc4c(I)[nH]nc4cc3Cl)cc2)CC1. The van der Waals surface area contributed by atoms with Crippen LogP contribution >= 0.6 is 34.2 Å². The quantitative estimate of drug-likeness (QED) is 0.434. The van der Waals surface area contributed by atoms with Crippen molar-refractivity contribution in [3.05, 3.63) is 50.7 Å². The van der Waals surface area contributed by atoms with E-state index in [0.29, 0.717) is 18.1 Å². The van der Waals surface area contributed by atoms with Crippen LogP contribution in [0.3, 0.4) is 0 Å². The number of nitrogens with one attached hydrogen (secondary N) is 1. The highest BCUT2D eigenvalue weighted by Gasteiger charge is 2.25. The van der Waals surface area contributed by atoms with Crippen molar-refractivity contribution in [1.29, 1.82) is 0 Å². The first kappa shape index (κ1) is 22.4. The third-order valence-electron chi connectivity index (χ3n) is 5.29. The lowest BCUT2D eigenvalue weighted by Gasteiger charge is -2.35. The topological polar surface area (TPSA) is 61.5 Å². The fourth-order valence-electron chi connectivity index (χ4n) is 3.68. The second-order valence-electron chi connectivity index (χ2n) is 8.83. The van der Waals surface area contributed by atoms with Crippen LogP contribution in [0.1, 0.15) is 26.3 Å². The Hall–Kier alpha value is -1.84. The standard InChI is InChI=1S/C23H26ClIN4O2/c1-23(2,3)31-22(30)29-10-8-28(9-11-29)14-15-4-6-16(7-5-15)17-12-18-20(13-19(17)24)26-27-21(18)25/h4-7,12-13H,8-11,14H2,1-3H3,(H,26,27). The number of halogens is 2. The van der Waals surface area contributed by atoms with Gasteiger partial charge in [-0.2, -0.15) is 5.10 Å². The van der Waals surface area contributed by atoms with Crippen LogP contribution in [-0.4, -0.2) is 57.9 Å². The summed E-state index contributed by atoms with van der Waals surface area (Å²) in [5.74, 6) is 0. The smallest absolute Gasteiger partial charge is 0.410 e. The molecule has 0 unspecified atom stereocenters. The Kier molecular flexibility index (Phi) is 6.46. The Morgan fingerprint density at radius 1 is 1.16 bits per heavy atom. The van der Waals surface area contributed by atoms with Gasteiger partial charge < -0.3 is 9.64 Å². The summed E-state index contributed by atoms with van der Waals surface area (Å²) in [6.45, 7) is 9.59. The first-order valence-corrected chi connectivity index (χ1v) is 11.8. The van der Waals surface area contributed by atoms with Gasteiger partial charge in [-0.15, -0.1) is 0 Å². The second kappa shape index (κ2) is 8.96. The summed E-state index contributed by atoms with van der Waals surface area (Å²) in [4.78, 5) is 16.4. The van der Waals surface area contributed by atoms with Crippen molar-refractivity contribution in [2.75, 3.05) is 26.2 Å². The lowest BCUT2D eigenvalue weighted by Crippen LogP contribution is -2.49. The number of H-pyrrole nitrogens is 1. The molecule has 1 fully saturated rings. The summed E-state index contributed by atoms with van der Waals surface area (Å²) >= 11 is 8.76. The summed E-state index contributed by atoms with van der Waals surface area (Å²) in [5.41, 5.74) is 3.75. The van der Waals surface area contributed by atoms with E-state index in [4.69, 9.17) is 16.3 Å². The van der Waals surface area contributed by atoms with Crippen LogP contribution in [0.2, 0.25) is 5.02 Å². The molecule has 0 radical (unpaired) electrons. The van der Waals surface area contributed by atoms with Crippen molar-refractivity contribution in [3.63, 3.8) is 0 Å². The largest absolute Gasteiger partial charge is 0.444 e. The zero-order valence-electron chi connectivity index (χ0n) is 17.9. The number of carbonyl (C=O) groups excluding carboxylic acids is 1. The lowest BCUT2D eigenvalue weighted by molar-refractivity contribution is 0.0139. The number of amides is 1. The monoisotopic (exact) mass is 552 g/mol. The average Bonchev–Trinajstić information content (AvgIpc) is 3.07. The van der Waals surface area contributed by atoms with Crippen molar-refractivity contribution in [2.24, 2.45) is 0 Å². The van der Waals surface area contributed by atoms with Crippen LogP contribution in [0.5, 0.6) is 0 Å². The summed E-state index contributed by atoms with van der Waals surface area (Å²) in [6.07, 6.45) is -0.224. The van der Waals surface area contributed by atoms with E-state index >= 15 is 0 Å². The van der Waals surface area contributed by atoms with E-state index in [1.165, 1.54) is 5.56 Å². The van der Waals surface area contributed by atoms with E-state index in [-0.39, 0.29) is 6.09 Å². The molecule has 1 N–H and O–H groups in total. The van der Waals surface area contributed by atoms with Gasteiger partial charge in [0.1, 0.15) is 9.30 Å². The van der Waals surface area contributed by atoms with Crippen LogP contribution in [0.25, 0.3) is 22.0 Å². The predicted octanol–water partition coefficient (Wildman–Crippen LogP) is 5.54.